The lowest BCUT2D eigenvalue weighted by atomic mass is 10.1. The molecule has 0 aliphatic carbocycles. The number of benzene rings is 1. The number of carbonyl (C=O) groups excluding carboxylic acids is 1. The van der Waals surface area contributed by atoms with Crippen molar-refractivity contribution in [2.75, 3.05) is 0 Å². The Kier molecular flexibility index (Phi) is 1.95. The minimum Gasteiger partial charge on any atom is -0.459 e. The van der Waals surface area contributed by atoms with E-state index in [4.69, 9.17) is 4.42 Å². The quantitative estimate of drug-likeness (QED) is 0.508. The van der Waals surface area contributed by atoms with Gasteiger partial charge in [-0.15, -0.1) is 0 Å². The van der Waals surface area contributed by atoms with Crippen molar-refractivity contribution < 1.29 is 9.21 Å². The molecule has 0 bridgehead atoms. The Balaban J connectivity index is 2.87. The first-order valence-electron chi connectivity index (χ1n) is 4.30. The average Bonchev–Trinajstić information content (AvgIpc) is 2.46. The van der Waals surface area contributed by atoms with E-state index in [0.29, 0.717) is 11.3 Å². The number of fused-ring (bicyclic) bond motifs is 1. The minimum atomic E-state index is 0.536. The van der Waals surface area contributed by atoms with Gasteiger partial charge in [-0.2, -0.15) is 4.99 Å². The summed E-state index contributed by atoms with van der Waals surface area (Å²) in [5.41, 5.74) is 2.28. The fraction of sp³-hybridized carbons (Fsp3) is 0.182. The van der Waals surface area contributed by atoms with E-state index in [0.717, 1.165) is 16.7 Å². The standard InChI is InChI=1S/C11H9NO2/c1-7-8(2)14-11-9(7)4-3-5-10(11)12-6-13/h3-5H,1-2H3. The van der Waals surface area contributed by atoms with E-state index in [2.05, 4.69) is 4.99 Å². The molecule has 0 N–H and O–H groups in total. The molecule has 0 spiro atoms. The minimum absolute atomic E-state index is 0.536. The number of aryl methyl sites for hydroxylation is 2. The Morgan fingerprint density at radius 1 is 1.36 bits per heavy atom. The predicted octanol–water partition coefficient (Wildman–Crippen LogP) is 3.02. The second kappa shape index (κ2) is 3.13. The summed E-state index contributed by atoms with van der Waals surface area (Å²) in [6.45, 7) is 3.87. The Labute approximate surface area is 81.1 Å². The van der Waals surface area contributed by atoms with Crippen molar-refractivity contribution in [1.29, 1.82) is 0 Å². The second-order valence-electron chi connectivity index (χ2n) is 3.14. The van der Waals surface area contributed by atoms with Crippen LogP contribution in [0.3, 0.4) is 0 Å². The Hall–Kier alpha value is -1.86. The normalized spacial score (nSPS) is 10.1. The van der Waals surface area contributed by atoms with Gasteiger partial charge in [-0.25, -0.2) is 4.79 Å². The first-order valence-corrected chi connectivity index (χ1v) is 4.30. The maximum Gasteiger partial charge on any atom is 0.240 e. The molecule has 1 aromatic heterocycles. The van der Waals surface area contributed by atoms with Crippen molar-refractivity contribution in [2.45, 2.75) is 13.8 Å². The van der Waals surface area contributed by atoms with E-state index in [1.165, 1.54) is 6.08 Å². The number of rotatable bonds is 1. The van der Waals surface area contributed by atoms with Crippen molar-refractivity contribution >= 4 is 22.7 Å². The highest BCUT2D eigenvalue weighted by Gasteiger charge is 2.09. The van der Waals surface area contributed by atoms with E-state index in [-0.39, 0.29) is 0 Å². The van der Waals surface area contributed by atoms with Crippen LogP contribution in [0, 0.1) is 13.8 Å². The molecule has 2 aromatic rings. The summed E-state index contributed by atoms with van der Waals surface area (Å²) < 4.78 is 5.51. The molecule has 0 aliphatic rings. The SMILES string of the molecule is Cc1oc2c(N=C=O)cccc2c1C. The van der Waals surface area contributed by atoms with Crippen LogP contribution in [0.2, 0.25) is 0 Å². The highest BCUT2D eigenvalue weighted by atomic mass is 16.3. The van der Waals surface area contributed by atoms with Gasteiger partial charge in [-0.3, -0.25) is 0 Å². The zero-order valence-corrected chi connectivity index (χ0v) is 8.00. The van der Waals surface area contributed by atoms with Gasteiger partial charge in [0.05, 0.1) is 0 Å². The molecule has 3 nitrogen and oxygen atoms in total. The van der Waals surface area contributed by atoms with Crippen LogP contribution < -0.4 is 0 Å². The zero-order valence-electron chi connectivity index (χ0n) is 8.00. The number of isocyanates is 1. The van der Waals surface area contributed by atoms with Gasteiger partial charge in [0.15, 0.2) is 5.58 Å². The maximum absolute atomic E-state index is 10.2. The summed E-state index contributed by atoms with van der Waals surface area (Å²) in [7, 11) is 0. The Bertz CT molecular complexity index is 533. The van der Waals surface area contributed by atoms with Gasteiger partial charge in [0, 0.05) is 5.39 Å². The number of hydrogen-bond donors (Lipinski definition) is 0. The van der Waals surface area contributed by atoms with E-state index < -0.39 is 0 Å². The molecule has 70 valence electrons. The lowest BCUT2D eigenvalue weighted by Gasteiger charge is -1.91. The van der Waals surface area contributed by atoms with E-state index >= 15 is 0 Å². The molecule has 1 heterocycles. The van der Waals surface area contributed by atoms with Crippen LogP contribution in [0.15, 0.2) is 27.6 Å². The third-order valence-electron chi connectivity index (χ3n) is 2.35. The molecular weight excluding hydrogens is 178 g/mol. The van der Waals surface area contributed by atoms with Crippen LogP contribution in [-0.4, -0.2) is 6.08 Å². The van der Waals surface area contributed by atoms with Gasteiger partial charge in [0.2, 0.25) is 6.08 Å². The van der Waals surface area contributed by atoms with Crippen LogP contribution in [0.25, 0.3) is 11.0 Å². The van der Waals surface area contributed by atoms with E-state index in [9.17, 15) is 4.79 Å². The first-order chi connectivity index (χ1) is 6.74. The number of nitrogens with zero attached hydrogens (tertiary/aromatic N) is 1. The molecule has 3 heteroatoms. The highest BCUT2D eigenvalue weighted by molar-refractivity contribution is 5.91. The third-order valence-corrected chi connectivity index (χ3v) is 2.35. The predicted molar refractivity (Wildman–Crippen MR) is 53.5 cm³/mol. The van der Waals surface area contributed by atoms with Crippen LogP contribution in [0.5, 0.6) is 0 Å². The van der Waals surface area contributed by atoms with Gasteiger partial charge < -0.3 is 4.42 Å². The van der Waals surface area contributed by atoms with Crippen LogP contribution in [0.1, 0.15) is 11.3 Å². The molecule has 2 rings (SSSR count). The van der Waals surface area contributed by atoms with Crippen molar-refractivity contribution in [3.8, 4) is 0 Å². The fourth-order valence-corrected chi connectivity index (χ4v) is 1.48. The van der Waals surface area contributed by atoms with Crippen LogP contribution in [-0.2, 0) is 4.79 Å². The van der Waals surface area contributed by atoms with Crippen LogP contribution in [0.4, 0.5) is 5.69 Å². The van der Waals surface area contributed by atoms with Crippen molar-refractivity contribution in [2.24, 2.45) is 4.99 Å². The molecule has 0 amide bonds. The molecule has 0 atom stereocenters. The third kappa shape index (κ3) is 1.15. The highest BCUT2D eigenvalue weighted by Crippen LogP contribution is 2.31. The topological polar surface area (TPSA) is 42.6 Å². The number of aliphatic imine (C=N–C) groups is 1. The lowest BCUT2D eigenvalue weighted by Crippen LogP contribution is -1.70. The van der Waals surface area contributed by atoms with Gasteiger partial charge in [0.25, 0.3) is 0 Å². The van der Waals surface area contributed by atoms with Gasteiger partial charge in [0.1, 0.15) is 11.4 Å². The summed E-state index contributed by atoms with van der Waals surface area (Å²) in [4.78, 5) is 13.8. The van der Waals surface area contributed by atoms with E-state index in [1.54, 1.807) is 6.07 Å². The summed E-state index contributed by atoms with van der Waals surface area (Å²) in [5.74, 6) is 0.855. The summed E-state index contributed by atoms with van der Waals surface area (Å²) in [5, 5.41) is 0.999. The fourth-order valence-electron chi connectivity index (χ4n) is 1.48. The largest absolute Gasteiger partial charge is 0.459 e. The van der Waals surface area contributed by atoms with Crippen molar-refractivity contribution in [1.82, 2.24) is 0 Å². The first kappa shape index (κ1) is 8.73. The van der Waals surface area contributed by atoms with Gasteiger partial charge in [-0.05, 0) is 25.5 Å². The summed E-state index contributed by atoms with van der Waals surface area (Å²) in [6, 6.07) is 5.53. The zero-order chi connectivity index (χ0) is 10.1. The Morgan fingerprint density at radius 2 is 2.14 bits per heavy atom. The molecule has 0 unspecified atom stereocenters. The molecule has 0 aliphatic heterocycles. The molecule has 0 saturated heterocycles. The number of furan rings is 1. The van der Waals surface area contributed by atoms with Crippen LogP contribution >= 0.6 is 0 Å². The van der Waals surface area contributed by atoms with Gasteiger partial charge >= 0.3 is 0 Å². The number of para-hydroxylation sites is 1. The maximum atomic E-state index is 10.2. The lowest BCUT2D eigenvalue weighted by molar-refractivity contribution is 0.563. The molecule has 1 aromatic carbocycles. The summed E-state index contributed by atoms with van der Waals surface area (Å²) in [6.07, 6.45) is 1.52. The molecule has 0 fully saturated rings. The molecular formula is C11H9NO2. The van der Waals surface area contributed by atoms with Gasteiger partial charge in [-0.1, -0.05) is 12.1 Å². The second-order valence-corrected chi connectivity index (χ2v) is 3.14. The van der Waals surface area contributed by atoms with Crippen molar-refractivity contribution in [3.05, 3.63) is 29.5 Å². The summed E-state index contributed by atoms with van der Waals surface area (Å²) >= 11 is 0. The average molecular weight is 187 g/mol. The monoisotopic (exact) mass is 187 g/mol. The van der Waals surface area contributed by atoms with Crippen molar-refractivity contribution in [3.63, 3.8) is 0 Å². The molecule has 14 heavy (non-hydrogen) atoms. The number of hydrogen-bond acceptors (Lipinski definition) is 3. The molecule has 0 radical (unpaired) electrons. The Morgan fingerprint density at radius 3 is 2.86 bits per heavy atom. The van der Waals surface area contributed by atoms with E-state index in [1.807, 2.05) is 26.0 Å². The smallest absolute Gasteiger partial charge is 0.240 e. The molecule has 0 saturated carbocycles.